The monoisotopic (exact) mass is 347 g/mol. The molecule has 19 heavy (non-hydrogen) atoms. The maximum Gasteiger partial charge on any atom is 0.187 e. The first kappa shape index (κ1) is 15.1. The molecule has 1 saturated heterocycles. The summed E-state index contributed by atoms with van der Waals surface area (Å²) in [5.74, 6) is 0.177. The van der Waals surface area contributed by atoms with Gasteiger partial charge in [-0.15, -0.1) is 11.3 Å². The third-order valence-electron chi connectivity index (χ3n) is 3.22. The average molecular weight is 348 g/mol. The number of ketones is 1. The first-order chi connectivity index (χ1) is 9.20. The zero-order valence-corrected chi connectivity index (χ0v) is 13.1. The van der Waals surface area contributed by atoms with E-state index < -0.39 is 0 Å². The number of thiophene rings is 1. The van der Waals surface area contributed by atoms with Crippen LogP contribution >= 0.6 is 27.3 Å². The Balaban J connectivity index is 1.77. The number of ether oxygens (including phenoxy) is 1. The number of piperidine rings is 1. The van der Waals surface area contributed by atoms with Crippen molar-refractivity contribution < 1.29 is 14.6 Å². The van der Waals surface area contributed by atoms with Crippen LogP contribution in [-0.2, 0) is 4.74 Å². The third kappa shape index (κ3) is 4.36. The summed E-state index contributed by atoms with van der Waals surface area (Å²) in [6.07, 6.45) is 2.09. The van der Waals surface area contributed by atoms with Crippen LogP contribution in [0.15, 0.2) is 15.9 Å². The van der Waals surface area contributed by atoms with Gasteiger partial charge in [-0.1, -0.05) is 0 Å². The summed E-state index contributed by atoms with van der Waals surface area (Å²) in [5, 5.41) is 10.6. The smallest absolute Gasteiger partial charge is 0.187 e. The van der Waals surface area contributed by atoms with Crippen LogP contribution in [0.3, 0.4) is 0 Å². The van der Waals surface area contributed by atoms with Crippen molar-refractivity contribution in [3.8, 4) is 0 Å². The topological polar surface area (TPSA) is 49.8 Å². The Morgan fingerprint density at radius 3 is 2.84 bits per heavy atom. The highest BCUT2D eigenvalue weighted by molar-refractivity contribution is 9.10. The molecule has 6 heteroatoms. The number of aliphatic hydroxyl groups excluding tert-OH is 1. The predicted octanol–water partition coefficient (Wildman–Crippen LogP) is 2.17. The number of hydrogen-bond donors (Lipinski definition) is 1. The van der Waals surface area contributed by atoms with E-state index in [2.05, 4.69) is 20.8 Å². The lowest BCUT2D eigenvalue weighted by molar-refractivity contribution is -0.00687. The second kappa shape index (κ2) is 7.50. The number of Topliss-reactive ketones (excluding diaryl/α,β-unsaturated/α-hetero) is 1. The Bertz CT molecular complexity index is 416. The van der Waals surface area contributed by atoms with Crippen LogP contribution in [0.2, 0.25) is 0 Å². The zero-order valence-electron chi connectivity index (χ0n) is 10.7. The second-order valence-corrected chi connectivity index (χ2v) is 6.36. The van der Waals surface area contributed by atoms with E-state index in [4.69, 9.17) is 9.84 Å². The van der Waals surface area contributed by atoms with E-state index in [1.165, 1.54) is 11.3 Å². The van der Waals surface area contributed by atoms with E-state index in [-0.39, 0.29) is 18.5 Å². The van der Waals surface area contributed by atoms with Gasteiger partial charge < -0.3 is 9.84 Å². The first-order valence-electron chi connectivity index (χ1n) is 6.41. The SMILES string of the molecule is O=C(CN1CCC(OCCO)CC1)c1sccc1Br. The van der Waals surface area contributed by atoms with Gasteiger partial charge in [-0.25, -0.2) is 0 Å². The molecule has 1 aromatic rings. The van der Waals surface area contributed by atoms with Gasteiger partial charge in [0, 0.05) is 17.6 Å². The number of hydrogen-bond acceptors (Lipinski definition) is 5. The molecule has 0 aliphatic carbocycles. The normalized spacial score (nSPS) is 17.8. The molecule has 0 radical (unpaired) electrons. The molecule has 0 bridgehead atoms. The number of carbonyl (C=O) groups excluding carboxylic acids is 1. The number of carbonyl (C=O) groups is 1. The van der Waals surface area contributed by atoms with Gasteiger partial charge in [-0.3, -0.25) is 9.69 Å². The van der Waals surface area contributed by atoms with Crippen LogP contribution in [0, 0.1) is 0 Å². The van der Waals surface area contributed by atoms with Crippen LogP contribution in [0.25, 0.3) is 0 Å². The molecule has 0 aromatic carbocycles. The standard InChI is InChI=1S/C13H18BrNO3S/c14-11-3-8-19-13(11)12(17)9-15-4-1-10(2-5-15)18-7-6-16/h3,8,10,16H,1-2,4-7,9H2. The van der Waals surface area contributed by atoms with Gasteiger partial charge in [0.1, 0.15) is 0 Å². The molecule has 2 rings (SSSR count). The van der Waals surface area contributed by atoms with E-state index >= 15 is 0 Å². The molecule has 0 spiro atoms. The fourth-order valence-corrected chi connectivity index (χ4v) is 3.75. The van der Waals surface area contributed by atoms with E-state index in [0.717, 1.165) is 35.3 Å². The van der Waals surface area contributed by atoms with Gasteiger partial charge in [-0.2, -0.15) is 0 Å². The first-order valence-corrected chi connectivity index (χ1v) is 8.09. The van der Waals surface area contributed by atoms with Crippen molar-refractivity contribution in [2.24, 2.45) is 0 Å². The molecule has 1 aromatic heterocycles. The van der Waals surface area contributed by atoms with Crippen molar-refractivity contribution in [3.63, 3.8) is 0 Å². The van der Waals surface area contributed by atoms with Gasteiger partial charge >= 0.3 is 0 Å². The van der Waals surface area contributed by atoms with Gasteiger partial charge in [0.05, 0.1) is 30.7 Å². The lowest BCUT2D eigenvalue weighted by atomic mass is 10.1. The fourth-order valence-electron chi connectivity index (χ4n) is 2.22. The third-order valence-corrected chi connectivity index (χ3v) is 5.10. The van der Waals surface area contributed by atoms with Crippen LogP contribution < -0.4 is 0 Å². The average Bonchev–Trinajstić information content (AvgIpc) is 2.84. The number of nitrogens with zero attached hydrogens (tertiary/aromatic N) is 1. The lowest BCUT2D eigenvalue weighted by Crippen LogP contribution is -2.40. The molecule has 1 N–H and O–H groups in total. The summed E-state index contributed by atoms with van der Waals surface area (Å²) in [4.78, 5) is 15.1. The van der Waals surface area contributed by atoms with Crippen molar-refractivity contribution >= 4 is 33.0 Å². The Kier molecular flexibility index (Phi) is 5.97. The summed E-state index contributed by atoms with van der Waals surface area (Å²) < 4.78 is 6.40. The zero-order chi connectivity index (χ0) is 13.7. The van der Waals surface area contributed by atoms with Gasteiger partial charge in [0.2, 0.25) is 0 Å². The lowest BCUT2D eigenvalue weighted by Gasteiger charge is -2.31. The molecular weight excluding hydrogens is 330 g/mol. The molecule has 0 saturated carbocycles. The molecular formula is C13H18BrNO3S. The highest BCUT2D eigenvalue weighted by Crippen LogP contribution is 2.24. The Morgan fingerprint density at radius 1 is 1.53 bits per heavy atom. The molecule has 1 fully saturated rings. The number of aliphatic hydroxyl groups is 1. The molecule has 106 valence electrons. The van der Waals surface area contributed by atoms with Crippen LogP contribution in [0.1, 0.15) is 22.5 Å². The molecule has 0 unspecified atom stereocenters. The number of rotatable bonds is 6. The molecule has 2 heterocycles. The Morgan fingerprint density at radius 2 is 2.26 bits per heavy atom. The largest absolute Gasteiger partial charge is 0.394 e. The van der Waals surface area contributed by atoms with Crippen LogP contribution in [0.5, 0.6) is 0 Å². The summed E-state index contributed by atoms with van der Waals surface area (Å²) in [6.45, 7) is 2.72. The Labute approximate surface area is 125 Å². The maximum atomic E-state index is 12.1. The molecule has 4 nitrogen and oxygen atoms in total. The quantitative estimate of drug-likeness (QED) is 0.801. The summed E-state index contributed by atoms with van der Waals surface area (Å²) in [6, 6.07) is 1.91. The van der Waals surface area contributed by atoms with Gasteiger partial charge in [-0.05, 0) is 40.2 Å². The van der Waals surface area contributed by atoms with E-state index in [9.17, 15) is 4.79 Å². The van der Waals surface area contributed by atoms with Crippen LogP contribution in [0.4, 0.5) is 0 Å². The molecule has 0 amide bonds. The number of likely N-dealkylation sites (tertiary alicyclic amines) is 1. The van der Waals surface area contributed by atoms with Crippen LogP contribution in [-0.4, -0.2) is 54.7 Å². The summed E-state index contributed by atoms with van der Waals surface area (Å²) >= 11 is 4.88. The van der Waals surface area contributed by atoms with Gasteiger partial charge in [0.25, 0.3) is 0 Å². The highest BCUT2D eigenvalue weighted by atomic mass is 79.9. The molecule has 1 aliphatic rings. The predicted molar refractivity (Wildman–Crippen MR) is 78.8 cm³/mol. The summed E-state index contributed by atoms with van der Waals surface area (Å²) in [7, 11) is 0. The highest BCUT2D eigenvalue weighted by Gasteiger charge is 2.22. The van der Waals surface area contributed by atoms with Crippen molar-refractivity contribution in [2.45, 2.75) is 18.9 Å². The van der Waals surface area contributed by atoms with E-state index in [0.29, 0.717) is 13.2 Å². The second-order valence-electron chi connectivity index (χ2n) is 4.59. The van der Waals surface area contributed by atoms with Crippen molar-refractivity contribution in [1.82, 2.24) is 4.90 Å². The van der Waals surface area contributed by atoms with Crippen molar-refractivity contribution in [2.75, 3.05) is 32.8 Å². The minimum absolute atomic E-state index is 0.0745. The van der Waals surface area contributed by atoms with E-state index in [1.54, 1.807) is 0 Å². The summed E-state index contributed by atoms with van der Waals surface area (Å²) in [5.41, 5.74) is 0. The fraction of sp³-hybridized carbons (Fsp3) is 0.615. The van der Waals surface area contributed by atoms with Gasteiger partial charge in [0.15, 0.2) is 5.78 Å². The molecule has 1 aliphatic heterocycles. The molecule has 0 atom stereocenters. The number of halogens is 1. The minimum atomic E-state index is 0.0745. The van der Waals surface area contributed by atoms with Crippen molar-refractivity contribution in [1.29, 1.82) is 0 Å². The Hall–Kier alpha value is -0.270. The van der Waals surface area contributed by atoms with Crippen molar-refractivity contribution in [3.05, 3.63) is 20.8 Å². The maximum absolute atomic E-state index is 12.1. The minimum Gasteiger partial charge on any atom is -0.394 e. The van der Waals surface area contributed by atoms with E-state index in [1.807, 2.05) is 11.4 Å².